The van der Waals surface area contributed by atoms with Crippen molar-refractivity contribution in [3.63, 3.8) is 0 Å². The van der Waals surface area contributed by atoms with Gasteiger partial charge in [-0.15, -0.1) is 0 Å². The highest BCUT2D eigenvalue weighted by molar-refractivity contribution is 6.29. The van der Waals surface area contributed by atoms with Crippen LogP contribution in [0.3, 0.4) is 0 Å². The molecule has 0 bridgehead atoms. The van der Waals surface area contributed by atoms with Crippen LogP contribution in [-0.4, -0.2) is 35.3 Å². The molecule has 1 saturated heterocycles. The van der Waals surface area contributed by atoms with Crippen molar-refractivity contribution in [1.29, 1.82) is 0 Å². The van der Waals surface area contributed by atoms with Crippen molar-refractivity contribution in [2.75, 3.05) is 24.6 Å². The van der Waals surface area contributed by atoms with E-state index in [4.69, 9.17) is 21.3 Å². The van der Waals surface area contributed by atoms with Crippen LogP contribution < -0.4 is 4.90 Å². The van der Waals surface area contributed by atoms with Crippen LogP contribution in [0.1, 0.15) is 63.1 Å². The number of nitrogens with zero attached hydrogens (tertiary/aromatic N) is 3. The fraction of sp³-hybridized carbons (Fsp3) is 0.765. The third-order valence-electron chi connectivity index (χ3n) is 5.23. The van der Waals surface area contributed by atoms with Gasteiger partial charge in [0.05, 0.1) is 12.2 Å². The molecule has 120 valence electrons. The Hall–Kier alpha value is -0.870. The lowest BCUT2D eigenvalue weighted by Crippen LogP contribution is -2.52. The normalized spacial score (nSPS) is 25.2. The zero-order valence-electron chi connectivity index (χ0n) is 13.1. The first-order chi connectivity index (χ1) is 10.7. The molecule has 5 heteroatoms. The fourth-order valence-corrected chi connectivity index (χ4v) is 4.01. The van der Waals surface area contributed by atoms with Gasteiger partial charge in [0, 0.05) is 25.1 Å². The van der Waals surface area contributed by atoms with E-state index in [0.29, 0.717) is 11.1 Å². The number of rotatable bonds is 2. The number of morpholine rings is 1. The molecule has 1 aromatic rings. The minimum atomic E-state index is 0.0337. The molecule has 1 aliphatic heterocycles. The Labute approximate surface area is 137 Å². The zero-order valence-corrected chi connectivity index (χ0v) is 13.8. The van der Waals surface area contributed by atoms with E-state index in [1.165, 1.54) is 51.4 Å². The molecule has 0 radical (unpaired) electrons. The molecule has 1 aromatic heterocycles. The zero-order chi connectivity index (χ0) is 15.0. The van der Waals surface area contributed by atoms with Crippen LogP contribution in [0.2, 0.25) is 5.15 Å². The molecule has 0 unspecified atom stereocenters. The number of ether oxygens (including phenoxy) is 1. The van der Waals surface area contributed by atoms with Gasteiger partial charge in [0.1, 0.15) is 16.8 Å². The first kappa shape index (κ1) is 14.7. The van der Waals surface area contributed by atoms with Crippen LogP contribution in [-0.2, 0) is 4.74 Å². The maximum absolute atomic E-state index is 6.24. The topological polar surface area (TPSA) is 38.2 Å². The molecule has 4 rings (SSSR count). The second kappa shape index (κ2) is 5.97. The molecule has 3 fully saturated rings. The largest absolute Gasteiger partial charge is 0.371 e. The maximum Gasteiger partial charge on any atom is 0.135 e. The van der Waals surface area contributed by atoms with E-state index in [2.05, 4.69) is 9.88 Å². The van der Waals surface area contributed by atoms with E-state index in [1.807, 2.05) is 6.07 Å². The molecule has 0 amide bonds. The third-order valence-corrected chi connectivity index (χ3v) is 5.42. The second-order valence-corrected chi connectivity index (χ2v) is 7.44. The lowest BCUT2D eigenvalue weighted by atomic mass is 9.92. The van der Waals surface area contributed by atoms with Crippen LogP contribution in [0.25, 0.3) is 0 Å². The predicted molar refractivity (Wildman–Crippen MR) is 87.6 cm³/mol. The molecule has 22 heavy (non-hydrogen) atoms. The summed E-state index contributed by atoms with van der Waals surface area (Å²) in [5.41, 5.74) is 0.0337. The molecule has 1 spiro atoms. The summed E-state index contributed by atoms with van der Waals surface area (Å²) in [6.45, 7) is 2.64. The van der Waals surface area contributed by atoms with Gasteiger partial charge < -0.3 is 9.64 Å². The summed E-state index contributed by atoms with van der Waals surface area (Å²) in [6.07, 6.45) is 10.0. The van der Waals surface area contributed by atoms with Crippen molar-refractivity contribution < 1.29 is 4.74 Å². The summed E-state index contributed by atoms with van der Waals surface area (Å²) >= 11 is 6.24. The number of hydrogen-bond acceptors (Lipinski definition) is 4. The van der Waals surface area contributed by atoms with Crippen LogP contribution in [0.5, 0.6) is 0 Å². The predicted octanol–water partition coefficient (Wildman–Crippen LogP) is 3.94. The molecule has 3 aliphatic rings. The van der Waals surface area contributed by atoms with E-state index in [-0.39, 0.29) is 5.60 Å². The van der Waals surface area contributed by atoms with Crippen LogP contribution in [0.15, 0.2) is 6.07 Å². The quantitative estimate of drug-likeness (QED) is 0.773. The van der Waals surface area contributed by atoms with E-state index in [0.717, 1.165) is 31.3 Å². The van der Waals surface area contributed by atoms with Gasteiger partial charge in [-0.2, -0.15) is 0 Å². The number of halogens is 1. The molecule has 2 aliphatic carbocycles. The highest BCUT2D eigenvalue weighted by Gasteiger charge is 2.38. The van der Waals surface area contributed by atoms with E-state index in [9.17, 15) is 0 Å². The van der Waals surface area contributed by atoms with E-state index >= 15 is 0 Å². The summed E-state index contributed by atoms with van der Waals surface area (Å²) < 4.78 is 6.24. The number of anilines is 1. The van der Waals surface area contributed by atoms with Crippen molar-refractivity contribution >= 4 is 17.4 Å². The Morgan fingerprint density at radius 1 is 1.14 bits per heavy atom. The van der Waals surface area contributed by atoms with Gasteiger partial charge in [-0.1, -0.05) is 37.3 Å². The highest BCUT2D eigenvalue weighted by atomic mass is 35.5. The summed E-state index contributed by atoms with van der Waals surface area (Å²) in [7, 11) is 0. The average Bonchev–Trinajstić information content (AvgIpc) is 3.35. The Morgan fingerprint density at radius 2 is 1.91 bits per heavy atom. The standard InChI is InChI=1S/C17H24ClN3O/c18-14-11-15(20-16(19-14)13-5-6-13)21-9-10-22-17(12-21)7-3-1-2-4-8-17/h11,13H,1-10,12H2. The number of hydrogen-bond donors (Lipinski definition) is 0. The molecular weight excluding hydrogens is 298 g/mol. The molecule has 2 heterocycles. The molecule has 0 atom stereocenters. The monoisotopic (exact) mass is 321 g/mol. The molecular formula is C17H24ClN3O. The second-order valence-electron chi connectivity index (χ2n) is 7.05. The molecule has 4 nitrogen and oxygen atoms in total. The lowest BCUT2D eigenvalue weighted by molar-refractivity contribution is -0.0654. The first-order valence-corrected chi connectivity index (χ1v) is 9.05. The molecule has 0 N–H and O–H groups in total. The lowest BCUT2D eigenvalue weighted by Gasteiger charge is -2.43. The summed E-state index contributed by atoms with van der Waals surface area (Å²) in [6, 6.07) is 1.92. The fourth-order valence-electron chi connectivity index (χ4n) is 3.82. The minimum Gasteiger partial charge on any atom is -0.371 e. The van der Waals surface area contributed by atoms with Gasteiger partial charge in [0.2, 0.25) is 0 Å². The van der Waals surface area contributed by atoms with Crippen molar-refractivity contribution in [2.45, 2.75) is 62.9 Å². The maximum atomic E-state index is 6.24. The van der Waals surface area contributed by atoms with Gasteiger partial charge in [-0.3, -0.25) is 0 Å². The minimum absolute atomic E-state index is 0.0337. The average molecular weight is 322 g/mol. The van der Waals surface area contributed by atoms with Crippen molar-refractivity contribution in [3.05, 3.63) is 17.0 Å². The Kier molecular flexibility index (Phi) is 3.99. The number of aromatic nitrogens is 2. The Bertz CT molecular complexity index is 539. The summed E-state index contributed by atoms with van der Waals surface area (Å²) in [4.78, 5) is 11.6. The SMILES string of the molecule is Clc1cc(N2CCOC3(CCCCCC3)C2)nc(C2CC2)n1. The van der Waals surface area contributed by atoms with Crippen molar-refractivity contribution in [3.8, 4) is 0 Å². The molecule has 0 aromatic carbocycles. The van der Waals surface area contributed by atoms with E-state index < -0.39 is 0 Å². The smallest absolute Gasteiger partial charge is 0.135 e. The highest BCUT2D eigenvalue weighted by Crippen LogP contribution is 2.40. The van der Waals surface area contributed by atoms with Gasteiger partial charge >= 0.3 is 0 Å². The summed E-state index contributed by atoms with van der Waals surface area (Å²) in [5.74, 6) is 2.46. The summed E-state index contributed by atoms with van der Waals surface area (Å²) in [5, 5.41) is 0.577. The van der Waals surface area contributed by atoms with Crippen LogP contribution in [0.4, 0.5) is 5.82 Å². The van der Waals surface area contributed by atoms with Crippen molar-refractivity contribution in [1.82, 2.24) is 9.97 Å². The van der Waals surface area contributed by atoms with Crippen LogP contribution >= 0.6 is 11.6 Å². The van der Waals surface area contributed by atoms with E-state index in [1.54, 1.807) is 0 Å². The van der Waals surface area contributed by atoms with Gasteiger partial charge in [0.15, 0.2) is 0 Å². The van der Waals surface area contributed by atoms with Crippen LogP contribution in [0, 0.1) is 0 Å². The first-order valence-electron chi connectivity index (χ1n) is 8.68. The Balaban J connectivity index is 1.56. The van der Waals surface area contributed by atoms with Gasteiger partial charge in [-0.05, 0) is 25.7 Å². The van der Waals surface area contributed by atoms with Gasteiger partial charge in [0.25, 0.3) is 0 Å². The molecule has 2 saturated carbocycles. The Morgan fingerprint density at radius 3 is 2.64 bits per heavy atom. The third kappa shape index (κ3) is 3.09. The van der Waals surface area contributed by atoms with Crippen molar-refractivity contribution in [2.24, 2.45) is 0 Å². The van der Waals surface area contributed by atoms with Gasteiger partial charge in [-0.25, -0.2) is 9.97 Å².